The van der Waals surface area contributed by atoms with Crippen LogP contribution in [0.1, 0.15) is 11.3 Å². The van der Waals surface area contributed by atoms with E-state index in [1.54, 1.807) is 11.3 Å². The first-order chi connectivity index (χ1) is 14.8. The molecule has 0 saturated heterocycles. The van der Waals surface area contributed by atoms with Gasteiger partial charge in [0, 0.05) is 11.0 Å². The molecule has 30 heavy (non-hydrogen) atoms. The van der Waals surface area contributed by atoms with Gasteiger partial charge in [-0.05, 0) is 35.9 Å². The number of thioether (sulfide) groups is 1. The Labute approximate surface area is 177 Å². The average molecular weight is 414 g/mol. The molecule has 2 aliphatic rings. The van der Waals surface area contributed by atoms with Crippen molar-refractivity contribution in [3.8, 4) is 0 Å². The lowest BCUT2D eigenvalue weighted by Crippen LogP contribution is -2.52. The Balaban J connectivity index is 1.51. The van der Waals surface area contributed by atoms with Crippen molar-refractivity contribution in [3.05, 3.63) is 101 Å². The van der Waals surface area contributed by atoms with Crippen molar-refractivity contribution >= 4 is 34.6 Å². The molecule has 1 aromatic heterocycles. The molecule has 1 atom stereocenters. The smallest absolute Gasteiger partial charge is 0.276 e. The summed E-state index contributed by atoms with van der Waals surface area (Å²) < 4.78 is 5.39. The number of nitrogens with one attached hydrogen (secondary N) is 1. The Morgan fingerprint density at radius 3 is 2.73 bits per heavy atom. The molecule has 6 nitrogen and oxygen atoms in total. The summed E-state index contributed by atoms with van der Waals surface area (Å²) in [4.78, 5) is 17.8. The second kappa shape index (κ2) is 8.04. The highest BCUT2D eigenvalue weighted by molar-refractivity contribution is 8.13. The lowest BCUT2D eigenvalue weighted by Gasteiger charge is -2.32. The quantitative estimate of drug-likeness (QED) is 0.713. The highest BCUT2D eigenvalue weighted by Crippen LogP contribution is 2.23. The predicted molar refractivity (Wildman–Crippen MR) is 117 cm³/mol. The standard InChI is InChI=1S/C23H18N4O2S/c28-22-21-18-10-4-5-11-19(18)24-20(13-12-17-9-6-14-29-17)27(21)26-23(25-22)30-15-16-7-2-1-3-8-16/h1-14,20H,15H2,(H,25,26,28)/b13-12+. The largest absolute Gasteiger partial charge is 0.465 e. The molecule has 1 amide bonds. The zero-order valence-electron chi connectivity index (χ0n) is 15.9. The highest BCUT2D eigenvalue weighted by Gasteiger charge is 2.32. The number of carbonyl (C=O) groups excluding carboxylic acids is 1. The van der Waals surface area contributed by atoms with E-state index in [9.17, 15) is 4.79 Å². The fourth-order valence-corrected chi connectivity index (χ4v) is 4.14. The number of para-hydroxylation sites is 1. The molecule has 3 aromatic rings. The van der Waals surface area contributed by atoms with Crippen molar-refractivity contribution in [2.24, 2.45) is 10.1 Å². The zero-order chi connectivity index (χ0) is 20.3. The number of nitrogens with zero attached hydrogens (tertiary/aromatic N) is 3. The Kier molecular flexibility index (Phi) is 4.94. The first kappa shape index (κ1) is 18.4. The van der Waals surface area contributed by atoms with Gasteiger partial charge in [-0.15, -0.1) is 5.10 Å². The average Bonchev–Trinajstić information content (AvgIpc) is 3.30. The van der Waals surface area contributed by atoms with Gasteiger partial charge in [0.05, 0.1) is 11.6 Å². The normalized spacial score (nSPS) is 17.8. The van der Waals surface area contributed by atoms with E-state index in [2.05, 4.69) is 17.4 Å². The van der Waals surface area contributed by atoms with Crippen LogP contribution in [-0.2, 0) is 10.5 Å². The van der Waals surface area contributed by atoms with Crippen LogP contribution >= 0.6 is 11.8 Å². The van der Waals surface area contributed by atoms with E-state index in [1.165, 1.54) is 11.8 Å². The Hall–Kier alpha value is -3.58. The van der Waals surface area contributed by atoms with E-state index in [0.29, 0.717) is 16.6 Å². The number of benzene rings is 2. The molecule has 3 heterocycles. The first-order valence-electron chi connectivity index (χ1n) is 9.53. The number of hydrazone groups is 1. The van der Waals surface area contributed by atoms with Crippen molar-refractivity contribution in [2.45, 2.75) is 11.9 Å². The summed E-state index contributed by atoms with van der Waals surface area (Å²) in [5.41, 5.74) is 1.66. The fraction of sp³-hybridized carbons (Fsp3) is 0.0870. The number of amides is 1. The summed E-state index contributed by atoms with van der Waals surface area (Å²) in [6, 6.07) is 21.4. The molecule has 5 rings (SSSR count). The van der Waals surface area contributed by atoms with Gasteiger partial charge in [-0.3, -0.25) is 15.1 Å². The molecule has 0 aliphatic carbocycles. The molecule has 0 saturated carbocycles. The van der Waals surface area contributed by atoms with Crippen LogP contribution in [0.5, 0.6) is 0 Å². The minimum atomic E-state index is -0.446. The molecule has 0 bridgehead atoms. The molecule has 0 fully saturated rings. The van der Waals surface area contributed by atoms with E-state index in [1.807, 2.05) is 66.7 Å². The van der Waals surface area contributed by atoms with Gasteiger partial charge < -0.3 is 4.42 Å². The van der Waals surface area contributed by atoms with Gasteiger partial charge in [0.2, 0.25) is 0 Å². The Bertz CT molecular complexity index is 1250. The van der Waals surface area contributed by atoms with Crippen molar-refractivity contribution in [2.75, 3.05) is 0 Å². The zero-order valence-corrected chi connectivity index (χ0v) is 16.8. The van der Waals surface area contributed by atoms with E-state index < -0.39 is 6.17 Å². The maximum atomic E-state index is 13.0. The molecule has 2 aromatic carbocycles. The number of hydrogen-bond acceptors (Lipinski definition) is 6. The Morgan fingerprint density at radius 1 is 1.07 bits per heavy atom. The van der Waals surface area contributed by atoms with E-state index in [0.717, 1.165) is 21.9 Å². The van der Waals surface area contributed by atoms with Gasteiger partial charge in [-0.25, -0.2) is 5.01 Å². The molecule has 1 N–H and O–H groups in total. The van der Waals surface area contributed by atoms with Crippen LogP contribution in [0.3, 0.4) is 0 Å². The second-order valence-electron chi connectivity index (χ2n) is 6.76. The summed E-state index contributed by atoms with van der Waals surface area (Å²) >= 11 is 1.49. The minimum Gasteiger partial charge on any atom is -0.465 e. The van der Waals surface area contributed by atoms with E-state index in [4.69, 9.17) is 14.5 Å². The number of fused-ring (bicyclic) bond motifs is 2. The number of rotatable bonds is 4. The van der Waals surface area contributed by atoms with Crippen LogP contribution in [0, 0.1) is 0 Å². The molecule has 0 radical (unpaired) electrons. The van der Waals surface area contributed by atoms with Crippen LogP contribution < -0.4 is 15.9 Å². The third-order valence-corrected chi connectivity index (χ3v) is 5.67. The lowest BCUT2D eigenvalue weighted by atomic mass is 10.1. The van der Waals surface area contributed by atoms with Crippen LogP contribution in [0.2, 0.25) is 0 Å². The summed E-state index contributed by atoms with van der Waals surface area (Å²) in [6.45, 7) is 0. The number of hydrogen-bond donors (Lipinski definition) is 1. The maximum absolute atomic E-state index is 13.0. The van der Waals surface area contributed by atoms with Crippen molar-refractivity contribution in [1.29, 1.82) is 0 Å². The van der Waals surface area contributed by atoms with Crippen molar-refractivity contribution in [3.63, 3.8) is 0 Å². The van der Waals surface area contributed by atoms with Gasteiger partial charge in [0.1, 0.15) is 11.5 Å². The highest BCUT2D eigenvalue weighted by atomic mass is 32.2. The molecule has 2 aliphatic heterocycles. The molecule has 1 unspecified atom stereocenters. The number of furan rings is 1. The summed E-state index contributed by atoms with van der Waals surface area (Å²) in [6.07, 6.45) is 4.91. The maximum Gasteiger partial charge on any atom is 0.276 e. The van der Waals surface area contributed by atoms with Crippen molar-refractivity contribution in [1.82, 2.24) is 10.3 Å². The monoisotopic (exact) mass is 414 g/mol. The van der Waals surface area contributed by atoms with Gasteiger partial charge in [-0.1, -0.05) is 60.3 Å². The first-order valence-corrected chi connectivity index (χ1v) is 10.5. The molecular formula is C23H18N4O2S. The van der Waals surface area contributed by atoms with E-state index in [-0.39, 0.29) is 5.91 Å². The van der Waals surface area contributed by atoms with Crippen LogP contribution in [0.4, 0.5) is 0 Å². The summed E-state index contributed by atoms with van der Waals surface area (Å²) in [5, 5.41) is 11.4. The molecule has 0 spiro atoms. The number of amidine groups is 1. The van der Waals surface area contributed by atoms with Crippen molar-refractivity contribution < 1.29 is 9.21 Å². The van der Waals surface area contributed by atoms with Gasteiger partial charge in [0.15, 0.2) is 11.3 Å². The molecule has 148 valence electrons. The summed E-state index contributed by atoms with van der Waals surface area (Å²) in [5.74, 6) is 1.25. The second-order valence-corrected chi connectivity index (χ2v) is 7.73. The van der Waals surface area contributed by atoms with Crippen LogP contribution in [-0.4, -0.2) is 22.2 Å². The summed E-state index contributed by atoms with van der Waals surface area (Å²) in [7, 11) is 0. The van der Waals surface area contributed by atoms with Gasteiger partial charge >= 0.3 is 0 Å². The molecular weight excluding hydrogens is 396 g/mol. The van der Waals surface area contributed by atoms with Crippen LogP contribution in [0.25, 0.3) is 11.8 Å². The molecule has 7 heteroatoms. The third-order valence-electron chi connectivity index (χ3n) is 4.74. The van der Waals surface area contributed by atoms with E-state index >= 15 is 0 Å². The predicted octanol–water partition coefficient (Wildman–Crippen LogP) is 2.70. The lowest BCUT2D eigenvalue weighted by molar-refractivity contribution is -0.116. The Morgan fingerprint density at radius 2 is 1.90 bits per heavy atom. The van der Waals surface area contributed by atoms with Gasteiger partial charge in [0.25, 0.3) is 5.91 Å². The number of carbonyl (C=O) groups is 1. The topological polar surface area (TPSA) is 70.2 Å². The SMILES string of the molecule is O=C1NC(SCc2ccccc2)=NN2C1=c1ccccc1=NC2/C=C/c1ccco1. The minimum absolute atomic E-state index is 0.181. The van der Waals surface area contributed by atoms with Gasteiger partial charge in [-0.2, -0.15) is 0 Å². The fourth-order valence-electron chi connectivity index (χ4n) is 3.34. The third kappa shape index (κ3) is 3.67. The van der Waals surface area contributed by atoms with Crippen LogP contribution in [0.15, 0.2) is 93.6 Å².